The number of fused-ring (bicyclic) bond motifs is 5. The van der Waals surface area contributed by atoms with E-state index < -0.39 is 0 Å². The van der Waals surface area contributed by atoms with Crippen molar-refractivity contribution in [3.05, 3.63) is 68.6 Å². The summed E-state index contributed by atoms with van der Waals surface area (Å²) in [6, 6.07) is 18.5. The fraction of sp³-hybridized carbons (Fsp3) is 0.500. The van der Waals surface area contributed by atoms with E-state index in [4.69, 9.17) is 0 Å². The van der Waals surface area contributed by atoms with E-state index in [0.717, 1.165) is 0 Å². The van der Waals surface area contributed by atoms with Crippen molar-refractivity contribution < 1.29 is 0 Å². The average molecular weight is 584 g/mol. The predicted octanol–water partition coefficient (Wildman–Crippen LogP) is 11.7. The van der Waals surface area contributed by atoms with Gasteiger partial charge < -0.3 is 0 Å². The zero-order valence-electron chi connectivity index (χ0n) is 21.1. The second-order valence-electron chi connectivity index (χ2n) is 10.3. The highest BCUT2D eigenvalue weighted by Crippen LogP contribution is 2.57. The first-order chi connectivity index (χ1) is 16.6. The molecule has 0 heterocycles. The van der Waals surface area contributed by atoms with Crippen LogP contribution < -0.4 is 0 Å². The Bertz CT molecular complexity index is 1100. The molecule has 0 aliphatic heterocycles. The van der Waals surface area contributed by atoms with E-state index in [1.165, 1.54) is 114 Å². The van der Waals surface area contributed by atoms with Crippen molar-refractivity contribution in [1.82, 2.24) is 0 Å². The van der Waals surface area contributed by atoms with E-state index >= 15 is 0 Å². The van der Waals surface area contributed by atoms with Crippen molar-refractivity contribution >= 4 is 42.6 Å². The van der Waals surface area contributed by atoms with Gasteiger partial charge in [-0.3, -0.25) is 0 Å². The van der Waals surface area contributed by atoms with E-state index in [1.807, 2.05) is 0 Å². The van der Waals surface area contributed by atoms with Gasteiger partial charge in [0.25, 0.3) is 0 Å². The second-order valence-corrected chi connectivity index (χ2v) is 12.1. The van der Waals surface area contributed by atoms with Gasteiger partial charge in [0.2, 0.25) is 0 Å². The van der Waals surface area contributed by atoms with Gasteiger partial charge >= 0.3 is 0 Å². The molecular formula is C32H40Br2. The molecule has 0 N–H and O–H groups in total. The summed E-state index contributed by atoms with van der Waals surface area (Å²) in [4.78, 5) is 0. The van der Waals surface area contributed by atoms with Crippen LogP contribution >= 0.6 is 31.9 Å². The number of hydrogen-bond donors (Lipinski definition) is 0. The van der Waals surface area contributed by atoms with E-state index in [0.29, 0.717) is 0 Å². The van der Waals surface area contributed by atoms with Gasteiger partial charge in [0.05, 0.1) is 0 Å². The maximum Gasteiger partial charge on any atom is 0.0257 e. The number of benzene rings is 3. The van der Waals surface area contributed by atoms with Gasteiger partial charge in [-0.25, -0.2) is 0 Å². The summed E-state index contributed by atoms with van der Waals surface area (Å²) >= 11 is 7.79. The Hall–Kier alpha value is -1.12. The molecule has 2 heteroatoms. The SMILES string of the molecule is CCCCCCCCC1(CCCCCCC)c2cc(Br)ccc2-c2c1cc(Br)c1ccccc21. The van der Waals surface area contributed by atoms with Crippen LogP contribution in [0.4, 0.5) is 0 Å². The van der Waals surface area contributed by atoms with Crippen LogP contribution in [-0.4, -0.2) is 0 Å². The Morgan fingerprint density at radius 1 is 0.618 bits per heavy atom. The zero-order valence-corrected chi connectivity index (χ0v) is 24.2. The third kappa shape index (κ3) is 5.34. The Morgan fingerprint density at radius 2 is 1.21 bits per heavy atom. The molecule has 0 spiro atoms. The number of hydrogen-bond acceptors (Lipinski definition) is 0. The first kappa shape index (κ1) is 26.0. The van der Waals surface area contributed by atoms with Crippen LogP contribution in [0.2, 0.25) is 0 Å². The molecule has 182 valence electrons. The van der Waals surface area contributed by atoms with Crippen molar-refractivity contribution in [2.75, 3.05) is 0 Å². The minimum atomic E-state index is 0.123. The third-order valence-corrected chi connectivity index (χ3v) is 9.09. The lowest BCUT2D eigenvalue weighted by molar-refractivity contribution is 0.398. The Labute approximate surface area is 224 Å². The summed E-state index contributed by atoms with van der Waals surface area (Å²) in [7, 11) is 0. The molecule has 1 atom stereocenters. The lowest BCUT2D eigenvalue weighted by atomic mass is 9.70. The van der Waals surface area contributed by atoms with E-state index in [1.54, 1.807) is 11.1 Å². The minimum absolute atomic E-state index is 0.123. The average Bonchev–Trinajstić information content (AvgIpc) is 3.10. The van der Waals surface area contributed by atoms with Gasteiger partial charge in [-0.2, -0.15) is 0 Å². The van der Waals surface area contributed by atoms with Crippen LogP contribution in [0.25, 0.3) is 21.9 Å². The first-order valence-corrected chi connectivity index (χ1v) is 15.2. The molecular weight excluding hydrogens is 544 g/mol. The molecule has 3 aromatic rings. The predicted molar refractivity (Wildman–Crippen MR) is 157 cm³/mol. The van der Waals surface area contributed by atoms with Crippen LogP contribution in [0.5, 0.6) is 0 Å². The minimum Gasteiger partial charge on any atom is -0.0654 e. The van der Waals surface area contributed by atoms with Crippen molar-refractivity contribution in [2.24, 2.45) is 0 Å². The Balaban J connectivity index is 1.77. The number of halogens is 2. The molecule has 1 aliphatic carbocycles. The highest BCUT2D eigenvalue weighted by molar-refractivity contribution is 9.11. The van der Waals surface area contributed by atoms with Crippen molar-refractivity contribution in [2.45, 2.75) is 103 Å². The van der Waals surface area contributed by atoms with Gasteiger partial charge in [-0.05, 0) is 64.1 Å². The monoisotopic (exact) mass is 582 g/mol. The largest absolute Gasteiger partial charge is 0.0654 e. The van der Waals surface area contributed by atoms with Crippen molar-refractivity contribution in [3.8, 4) is 11.1 Å². The van der Waals surface area contributed by atoms with Crippen LogP contribution in [0.15, 0.2) is 57.5 Å². The molecule has 0 saturated carbocycles. The van der Waals surface area contributed by atoms with Gasteiger partial charge in [-0.1, -0.05) is 147 Å². The summed E-state index contributed by atoms with van der Waals surface area (Å²) in [6.45, 7) is 4.61. The fourth-order valence-corrected chi connectivity index (χ4v) is 7.11. The molecule has 3 aromatic carbocycles. The van der Waals surface area contributed by atoms with E-state index in [-0.39, 0.29) is 5.41 Å². The van der Waals surface area contributed by atoms with Gasteiger partial charge in [0, 0.05) is 14.4 Å². The van der Waals surface area contributed by atoms with Crippen LogP contribution in [0, 0.1) is 0 Å². The lowest BCUT2D eigenvalue weighted by Gasteiger charge is -2.33. The van der Waals surface area contributed by atoms with E-state index in [2.05, 4.69) is 94.2 Å². The maximum absolute atomic E-state index is 3.96. The molecule has 0 nitrogen and oxygen atoms in total. The lowest BCUT2D eigenvalue weighted by Crippen LogP contribution is -2.25. The Kier molecular flexibility index (Phi) is 9.33. The zero-order chi connectivity index (χ0) is 24.0. The smallest absolute Gasteiger partial charge is 0.0257 e. The molecule has 0 amide bonds. The molecule has 0 aromatic heterocycles. The third-order valence-electron chi connectivity index (χ3n) is 7.94. The standard InChI is InChI=1S/C32H40Br2/c1-3-5-7-9-11-15-21-32(20-14-10-8-6-4-2)28-22-24(33)18-19-27(28)31-26-17-13-12-16-25(26)30(34)23-29(31)32/h12-13,16-19,22-23H,3-11,14-15,20-21H2,1-2H3. The van der Waals surface area contributed by atoms with Crippen LogP contribution in [0.1, 0.15) is 108 Å². The fourth-order valence-electron chi connectivity index (χ4n) is 6.18. The Morgan fingerprint density at radius 3 is 1.85 bits per heavy atom. The first-order valence-electron chi connectivity index (χ1n) is 13.6. The molecule has 0 radical (unpaired) electrons. The molecule has 0 fully saturated rings. The highest BCUT2D eigenvalue weighted by atomic mass is 79.9. The molecule has 1 aliphatic rings. The topological polar surface area (TPSA) is 0 Å². The van der Waals surface area contributed by atoms with Crippen LogP contribution in [-0.2, 0) is 5.41 Å². The molecule has 0 bridgehead atoms. The van der Waals surface area contributed by atoms with Crippen molar-refractivity contribution in [1.29, 1.82) is 0 Å². The van der Waals surface area contributed by atoms with Gasteiger partial charge in [0.1, 0.15) is 0 Å². The quantitative estimate of drug-likeness (QED) is 0.175. The summed E-state index contributed by atoms with van der Waals surface area (Å²) in [6.07, 6.45) is 17.3. The maximum atomic E-state index is 3.96. The molecule has 1 unspecified atom stereocenters. The van der Waals surface area contributed by atoms with Gasteiger partial charge in [-0.15, -0.1) is 0 Å². The molecule has 0 saturated heterocycles. The summed E-state index contributed by atoms with van der Waals surface area (Å²) in [5.74, 6) is 0. The van der Waals surface area contributed by atoms with E-state index in [9.17, 15) is 0 Å². The second kappa shape index (κ2) is 12.2. The normalized spacial score (nSPS) is 16.7. The van der Waals surface area contributed by atoms with Crippen molar-refractivity contribution in [3.63, 3.8) is 0 Å². The summed E-state index contributed by atoms with van der Waals surface area (Å²) in [5, 5.41) is 2.72. The summed E-state index contributed by atoms with van der Waals surface area (Å²) in [5.41, 5.74) is 6.19. The molecule has 34 heavy (non-hydrogen) atoms. The summed E-state index contributed by atoms with van der Waals surface area (Å²) < 4.78 is 2.45. The molecule has 4 rings (SSSR count). The number of unbranched alkanes of at least 4 members (excludes halogenated alkanes) is 9. The highest BCUT2D eigenvalue weighted by Gasteiger charge is 2.43. The van der Waals surface area contributed by atoms with Crippen LogP contribution in [0.3, 0.4) is 0 Å². The number of rotatable bonds is 13. The van der Waals surface area contributed by atoms with Gasteiger partial charge in [0.15, 0.2) is 0 Å².